The van der Waals surface area contributed by atoms with Crippen molar-refractivity contribution in [3.05, 3.63) is 35.4 Å². The number of methoxy groups -OCH3 is 1. The molecule has 0 unspecified atom stereocenters. The van der Waals surface area contributed by atoms with E-state index in [1.54, 1.807) is 7.11 Å². The van der Waals surface area contributed by atoms with E-state index in [1.165, 1.54) is 11.1 Å². The van der Waals surface area contributed by atoms with Gasteiger partial charge in [-0.15, -0.1) is 24.8 Å². The number of aryl methyl sites for hydroxylation is 1. The third-order valence-corrected chi connectivity index (χ3v) is 5.33. The van der Waals surface area contributed by atoms with E-state index in [1.807, 2.05) is 0 Å². The number of amides is 1. The number of nitrogens with one attached hydrogen (secondary N) is 2. The second-order valence-corrected chi connectivity index (χ2v) is 7.04. The molecule has 0 aromatic heterocycles. The third-order valence-electron chi connectivity index (χ3n) is 5.33. The average Bonchev–Trinajstić information content (AvgIpc) is 3.08. The molecule has 2 aliphatic rings. The summed E-state index contributed by atoms with van der Waals surface area (Å²) < 4.78 is 5.31. The number of ether oxygens (including phenoxy) is 1. The molecule has 7 heteroatoms. The highest BCUT2D eigenvalue weighted by molar-refractivity contribution is 5.85. The first-order valence-electron chi connectivity index (χ1n) is 8.99. The highest BCUT2D eigenvalue weighted by atomic mass is 35.5. The van der Waals surface area contributed by atoms with Gasteiger partial charge in [0.25, 0.3) is 0 Å². The second-order valence-electron chi connectivity index (χ2n) is 7.04. The van der Waals surface area contributed by atoms with Crippen LogP contribution in [-0.2, 0) is 16.1 Å². The van der Waals surface area contributed by atoms with Gasteiger partial charge >= 0.3 is 0 Å². The van der Waals surface area contributed by atoms with Crippen LogP contribution in [-0.4, -0.2) is 55.7 Å². The van der Waals surface area contributed by atoms with Gasteiger partial charge in [0.15, 0.2) is 0 Å². The van der Waals surface area contributed by atoms with E-state index >= 15 is 0 Å². The number of benzene rings is 1. The fourth-order valence-corrected chi connectivity index (χ4v) is 3.65. The number of carbonyl (C=O) groups excluding carboxylic acids is 1. The van der Waals surface area contributed by atoms with E-state index < -0.39 is 0 Å². The minimum Gasteiger partial charge on any atom is -0.380 e. The van der Waals surface area contributed by atoms with Crippen molar-refractivity contribution in [2.45, 2.75) is 50.9 Å². The molecule has 0 bridgehead atoms. The van der Waals surface area contributed by atoms with E-state index in [0.29, 0.717) is 6.04 Å². The van der Waals surface area contributed by atoms with Crippen molar-refractivity contribution in [3.63, 3.8) is 0 Å². The average molecular weight is 404 g/mol. The Balaban J connectivity index is 0.00000169. The van der Waals surface area contributed by atoms with E-state index in [-0.39, 0.29) is 42.9 Å². The van der Waals surface area contributed by atoms with Gasteiger partial charge in [0, 0.05) is 39.3 Å². The van der Waals surface area contributed by atoms with Crippen molar-refractivity contribution >= 4 is 30.7 Å². The summed E-state index contributed by atoms with van der Waals surface area (Å²) in [5.74, 6) is 0.131. The number of hydrogen-bond donors (Lipinski definition) is 2. The minimum atomic E-state index is -0.0973. The normalized spacial score (nSPS) is 23.8. The quantitative estimate of drug-likeness (QED) is 0.791. The van der Waals surface area contributed by atoms with Crippen molar-refractivity contribution in [3.8, 4) is 0 Å². The van der Waals surface area contributed by atoms with Gasteiger partial charge in [0.05, 0.1) is 12.1 Å². The van der Waals surface area contributed by atoms with Gasteiger partial charge in [-0.2, -0.15) is 0 Å². The smallest absolute Gasteiger partial charge is 0.237 e. The first-order chi connectivity index (χ1) is 11.7. The molecule has 2 aliphatic heterocycles. The van der Waals surface area contributed by atoms with Gasteiger partial charge in [-0.25, -0.2) is 0 Å². The molecule has 2 atom stereocenters. The molecule has 1 aromatic rings. The lowest BCUT2D eigenvalue weighted by atomic mass is 10.0. The molecule has 2 fully saturated rings. The van der Waals surface area contributed by atoms with Gasteiger partial charge < -0.3 is 15.4 Å². The van der Waals surface area contributed by atoms with Gasteiger partial charge in [-0.1, -0.05) is 24.3 Å². The predicted molar refractivity (Wildman–Crippen MR) is 109 cm³/mol. The summed E-state index contributed by atoms with van der Waals surface area (Å²) in [5, 5.41) is 6.46. The van der Waals surface area contributed by atoms with Crippen LogP contribution in [0.15, 0.2) is 24.3 Å². The zero-order chi connectivity index (χ0) is 16.9. The number of piperidine rings is 1. The Morgan fingerprint density at radius 2 is 1.96 bits per heavy atom. The van der Waals surface area contributed by atoms with Crippen molar-refractivity contribution < 1.29 is 9.53 Å². The Labute approximate surface area is 169 Å². The molecule has 2 saturated heterocycles. The lowest BCUT2D eigenvalue weighted by Crippen LogP contribution is -2.49. The summed E-state index contributed by atoms with van der Waals surface area (Å²) in [6.45, 7) is 6.02. The number of hydrogen-bond acceptors (Lipinski definition) is 4. The molecule has 3 rings (SSSR count). The van der Waals surface area contributed by atoms with E-state index in [4.69, 9.17) is 4.74 Å². The molecule has 1 aromatic carbocycles. The molecule has 2 N–H and O–H groups in total. The lowest BCUT2D eigenvalue weighted by molar-refractivity contribution is -0.124. The van der Waals surface area contributed by atoms with Crippen LogP contribution in [0.2, 0.25) is 0 Å². The molecule has 0 spiro atoms. The topological polar surface area (TPSA) is 53.6 Å². The highest BCUT2D eigenvalue weighted by Gasteiger charge is 2.31. The van der Waals surface area contributed by atoms with E-state index in [9.17, 15) is 4.79 Å². The minimum absolute atomic E-state index is 0. The van der Waals surface area contributed by atoms with Crippen molar-refractivity contribution in [1.82, 2.24) is 15.5 Å². The highest BCUT2D eigenvalue weighted by Crippen LogP contribution is 2.17. The number of halogens is 2. The molecule has 1 amide bonds. The van der Waals surface area contributed by atoms with E-state index in [2.05, 4.69) is 46.7 Å². The molecular weight excluding hydrogens is 373 g/mol. The summed E-state index contributed by atoms with van der Waals surface area (Å²) in [5.41, 5.74) is 2.76. The van der Waals surface area contributed by atoms with Crippen molar-refractivity contribution in [2.24, 2.45) is 0 Å². The van der Waals surface area contributed by atoms with Crippen LogP contribution in [0, 0.1) is 6.92 Å². The van der Waals surface area contributed by atoms with Crippen LogP contribution < -0.4 is 10.6 Å². The van der Waals surface area contributed by atoms with Gasteiger partial charge in [0.1, 0.15) is 0 Å². The van der Waals surface area contributed by atoms with E-state index in [0.717, 1.165) is 45.4 Å². The molecule has 26 heavy (non-hydrogen) atoms. The molecule has 2 heterocycles. The molecule has 148 valence electrons. The zero-order valence-corrected chi connectivity index (χ0v) is 17.2. The first-order valence-corrected chi connectivity index (χ1v) is 8.99. The number of carbonyl (C=O) groups is 1. The summed E-state index contributed by atoms with van der Waals surface area (Å²) in [7, 11) is 1.71. The Morgan fingerprint density at radius 3 is 2.58 bits per heavy atom. The lowest BCUT2D eigenvalue weighted by Gasteiger charge is -2.33. The van der Waals surface area contributed by atoms with Gasteiger partial charge in [0.2, 0.25) is 5.91 Å². The molecule has 5 nitrogen and oxygen atoms in total. The maximum Gasteiger partial charge on any atom is 0.237 e. The summed E-state index contributed by atoms with van der Waals surface area (Å²) in [6, 6.07) is 8.78. The van der Waals surface area contributed by atoms with Crippen LogP contribution in [0.4, 0.5) is 0 Å². The number of likely N-dealkylation sites (tertiary alicyclic amines) is 1. The molecule has 0 aliphatic carbocycles. The van der Waals surface area contributed by atoms with Crippen LogP contribution in [0.25, 0.3) is 0 Å². The first kappa shape index (κ1) is 23.2. The second kappa shape index (κ2) is 11.1. The SMILES string of the molecule is CO[C@@H]1CN[C@H](C(=O)NC2CCN(Cc3ccccc3C)CC2)C1.Cl.Cl. The molecule has 0 saturated carbocycles. The third kappa shape index (κ3) is 6.10. The summed E-state index contributed by atoms with van der Waals surface area (Å²) >= 11 is 0. The van der Waals surface area contributed by atoms with Crippen molar-refractivity contribution in [2.75, 3.05) is 26.7 Å². The number of nitrogens with zero attached hydrogens (tertiary/aromatic N) is 1. The predicted octanol–water partition coefficient (Wildman–Crippen LogP) is 2.30. The van der Waals surface area contributed by atoms with Crippen LogP contribution in [0.5, 0.6) is 0 Å². The monoisotopic (exact) mass is 403 g/mol. The Morgan fingerprint density at radius 1 is 1.27 bits per heavy atom. The van der Waals surface area contributed by atoms with Gasteiger partial charge in [-0.3, -0.25) is 9.69 Å². The fourth-order valence-electron chi connectivity index (χ4n) is 3.65. The Bertz CT molecular complexity index is 565. The van der Waals surface area contributed by atoms with Crippen LogP contribution in [0.3, 0.4) is 0 Å². The molecular formula is C19H31Cl2N3O2. The Hall–Kier alpha value is -0.850. The maximum atomic E-state index is 12.3. The Kier molecular flexibility index (Phi) is 9.90. The summed E-state index contributed by atoms with van der Waals surface area (Å²) in [6.07, 6.45) is 2.99. The fraction of sp³-hybridized carbons (Fsp3) is 0.632. The maximum absolute atomic E-state index is 12.3. The summed E-state index contributed by atoms with van der Waals surface area (Å²) in [4.78, 5) is 14.8. The van der Waals surface area contributed by atoms with Gasteiger partial charge in [-0.05, 0) is 37.3 Å². The molecule has 0 radical (unpaired) electrons. The number of rotatable bonds is 5. The van der Waals surface area contributed by atoms with Crippen LogP contribution in [0.1, 0.15) is 30.4 Å². The standard InChI is InChI=1S/C19H29N3O2.2ClH/c1-14-5-3-4-6-15(14)13-22-9-7-16(8-10-22)21-19(23)18-11-17(24-2)12-20-18;;/h3-6,16-18,20H,7-13H2,1-2H3,(H,21,23);2*1H/t17-,18-;;/m0../s1. The zero-order valence-electron chi connectivity index (χ0n) is 15.6. The van der Waals surface area contributed by atoms with Crippen molar-refractivity contribution in [1.29, 1.82) is 0 Å². The van der Waals surface area contributed by atoms with Crippen LogP contribution >= 0.6 is 24.8 Å². The largest absolute Gasteiger partial charge is 0.380 e.